The molecule has 0 spiro atoms. The van der Waals surface area contributed by atoms with Gasteiger partial charge in [0, 0.05) is 48.5 Å². The maximum Gasteiger partial charge on any atom is 0.229 e. The van der Waals surface area contributed by atoms with E-state index in [1.807, 2.05) is 22.6 Å². The van der Waals surface area contributed by atoms with E-state index in [4.69, 9.17) is 0 Å². The van der Waals surface area contributed by atoms with E-state index in [0.717, 1.165) is 11.8 Å². The van der Waals surface area contributed by atoms with Gasteiger partial charge in [0.1, 0.15) is 18.0 Å². The minimum absolute atomic E-state index is 0.299. The predicted molar refractivity (Wildman–Crippen MR) is 121 cm³/mol. The van der Waals surface area contributed by atoms with Gasteiger partial charge in [0.25, 0.3) is 0 Å². The Hall–Kier alpha value is -2.45. The molecule has 0 radical (unpaired) electrons. The lowest BCUT2D eigenvalue weighted by atomic mass is 10.1. The van der Waals surface area contributed by atoms with Crippen LogP contribution in [0.1, 0.15) is 6.42 Å². The molecule has 0 aliphatic carbocycles. The highest BCUT2D eigenvalue weighted by molar-refractivity contribution is 14.1. The van der Waals surface area contributed by atoms with E-state index >= 15 is 0 Å². The van der Waals surface area contributed by atoms with Gasteiger partial charge >= 0.3 is 0 Å². The lowest BCUT2D eigenvalue weighted by molar-refractivity contribution is 0.586. The van der Waals surface area contributed by atoms with Crippen molar-refractivity contribution in [1.29, 1.82) is 0 Å². The number of hydrogen-bond donors (Lipinski definition) is 3. The van der Waals surface area contributed by atoms with Crippen LogP contribution >= 0.6 is 22.6 Å². The van der Waals surface area contributed by atoms with Crippen molar-refractivity contribution in [3.63, 3.8) is 0 Å². The maximum atomic E-state index is 13.5. The molecule has 0 fully saturated rings. The van der Waals surface area contributed by atoms with Crippen LogP contribution in [0.15, 0.2) is 43.1 Å². The largest absolute Gasteiger partial charge is 0.369 e. The number of halogens is 2. The molecule has 0 aliphatic rings. The Morgan fingerprint density at radius 1 is 1.13 bits per heavy atom. The number of nitrogens with one attached hydrogen (secondary N) is 3. The second-order valence-corrected chi connectivity index (χ2v) is 9.28. The van der Waals surface area contributed by atoms with Gasteiger partial charge in [-0.2, -0.15) is 4.98 Å². The molecule has 3 aromatic rings. The standard InChI is InChI=1S/C18H19FIN7O2S/c1-30(28,29)25-6-2-5-23-17-14(12-8-21-11-22-9-12)10-24-18(27-17)26-13-3-4-15(19)16(20)7-13/h3-4,7-11,25H,2,5-6H2,1H3,(H2,23,24,26,27). The van der Waals surface area contributed by atoms with Gasteiger partial charge in [-0.3, -0.25) is 0 Å². The molecule has 0 aliphatic heterocycles. The Bertz CT molecular complexity index is 1120. The highest BCUT2D eigenvalue weighted by Crippen LogP contribution is 2.27. The molecule has 2 aromatic heterocycles. The first-order valence-corrected chi connectivity index (χ1v) is 11.8. The molecule has 2 heterocycles. The fraction of sp³-hybridized carbons (Fsp3) is 0.222. The number of benzene rings is 1. The highest BCUT2D eigenvalue weighted by atomic mass is 127. The summed E-state index contributed by atoms with van der Waals surface area (Å²) >= 11 is 1.91. The molecule has 0 amide bonds. The second-order valence-electron chi connectivity index (χ2n) is 6.28. The summed E-state index contributed by atoms with van der Waals surface area (Å²) in [7, 11) is -3.23. The fourth-order valence-electron chi connectivity index (χ4n) is 2.48. The van der Waals surface area contributed by atoms with E-state index < -0.39 is 10.0 Å². The minimum Gasteiger partial charge on any atom is -0.369 e. The average Bonchev–Trinajstić information content (AvgIpc) is 2.70. The summed E-state index contributed by atoms with van der Waals surface area (Å²) in [6.45, 7) is 0.786. The van der Waals surface area contributed by atoms with Crippen molar-refractivity contribution in [2.45, 2.75) is 6.42 Å². The predicted octanol–water partition coefficient (Wildman–Crippen LogP) is 2.77. The van der Waals surface area contributed by atoms with Crippen LogP contribution in [-0.2, 0) is 10.0 Å². The van der Waals surface area contributed by atoms with Crippen molar-refractivity contribution in [3.05, 3.63) is 52.5 Å². The van der Waals surface area contributed by atoms with Crippen LogP contribution in [0.3, 0.4) is 0 Å². The zero-order valence-corrected chi connectivity index (χ0v) is 18.9. The SMILES string of the molecule is CS(=O)(=O)NCCCNc1nc(Nc2ccc(F)c(I)c2)ncc1-c1cncnc1. The summed E-state index contributed by atoms with van der Waals surface area (Å²) in [5.74, 6) is 0.569. The molecule has 158 valence electrons. The van der Waals surface area contributed by atoms with Crippen LogP contribution in [0, 0.1) is 9.39 Å². The third-order valence-corrected chi connectivity index (χ3v) is 5.40. The second kappa shape index (κ2) is 10.0. The Morgan fingerprint density at radius 2 is 1.90 bits per heavy atom. The van der Waals surface area contributed by atoms with Gasteiger partial charge in [-0.25, -0.2) is 32.5 Å². The average molecular weight is 543 g/mol. The van der Waals surface area contributed by atoms with Gasteiger partial charge in [-0.05, 0) is 47.2 Å². The van der Waals surface area contributed by atoms with Crippen molar-refractivity contribution in [2.75, 3.05) is 30.0 Å². The summed E-state index contributed by atoms with van der Waals surface area (Å²) < 4.78 is 38.7. The van der Waals surface area contributed by atoms with Crippen LogP contribution in [0.4, 0.5) is 21.8 Å². The Labute approximate surface area is 187 Å². The topological polar surface area (TPSA) is 122 Å². The van der Waals surface area contributed by atoms with Crippen LogP contribution < -0.4 is 15.4 Å². The number of sulfonamides is 1. The van der Waals surface area contributed by atoms with E-state index in [1.54, 1.807) is 30.7 Å². The summed E-state index contributed by atoms with van der Waals surface area (Å²) in [4.78, 5) is 16.9. The molecule has 30 heavy (non-hydrogen) atoms. The Kier molecular flexibility index (Phi) is 7.44. The van der Waals surface area contributed by atoms with Crippen molar-refractivity contribution >= 4 is 50.1 Å². The third kappa shape index (κ3) is 6.53. The quantitative estimate of drug-likeness (QED) is 0.278. The number of anilines is 3. The molecule has 0 saturated carbocycles. The van der Waals surface area contributed by atoms with Crippen LogP contribution in [-0.4, -0.2) is 47.7 Å². The van der Waals surface area contributed by atoms with Crippen molar-refractivity contribution < 1.29 is 12.8 Å². The first kappa shape index (κ1) is 22.2. The zero-order chi connectivity index (χ0) is 21.6. The molecule has 12 heteroatoms. The van der Waals surface area contributed by atoms with E-state index in [9.17, 15) is 12.8 Å². The normalized spacial score (nSPS) is 11.3. The molecular weight excluding hydrogens is 524 g/mol. The van der Waals surface area contributed by atoms with Crippen LogP contribution in [0.5, 0.6) is 0 Å². The van der Waals surface area contributed by atoms with Gasteiger partial charge in [0.05, 0.1) is 9.83 Å². The molecule has 1 aromatic carbocycles. The third-order valence-electron chi connectivity index (χ3n) is 3.85. The lowest BCUT2D eigenvalue weighted by Crippen LogP contribution is -2.24. The monoisotopic (exact) mass is 543 g/mol. The Balaban J connectivity index is 1.78. The smallest absolute Gasteiger partial charge is 0.229 e. The van der Waals surface area contributed by atoms with Crippen molar-refractivity contribution in [3.8, 4) is 11.1 Å². The van der Waals surface area contributed by atoms with Crippen molar-refractivity contribution in [2.24, 2.45) is 0 Å². The zero-order valence-electron chi connectivity index (χ0n) is 15.9. The fourth-order valence-corrected chi connectivity index (χ4v) is 3.51. The molecule has 0 bridgehead atoms. The number of nitrogens with zero attached hydrogens (tertiary/aromatic N) is 4. The van der Waals surface area contributed by atoms with E-state index in [2.05, 4.69) is 35.3 Å². The maximum absolute atomic E-state index is 13.5. The molecule has 9 nitrogen and oxygen atoms in total. The van der Waals surface area contributed by atoms with Gasteiger partial charge in [-0.1, -0.05) is 0 Å². The van der Waals surface area contributed by atoms with E-state index in [0.29, 0.717) is 46.1 Å². The van der Waals surface area contributed by atoms with Crippen molar-refractivity contribution in [1.82, 2.24) is 24.7 Å². The van der Waals surface area contributed by atoms with Crippen LogP contribution in [0.25, 0.3) is 11.1 Å². The highest BCUT2D eigenvalue weighted by Gasteiger charge is 2.11. The van der Waals surface area contributed by atoms with Gasteiger partial charge in [-0.15, -0.1) is 0 Å². The molecule has 0 atom stereocenters. The first-order chi connectivity index (χ1) is 14.3. The number of aromatic nitrogens is 4. The number of hydrogen-bond acceptors (Lipinski definition) is 8. The number of rotatable bonds is 9. The summed E-state index contributed by atoms with van der Waals surface area (Å²) in [6.07, 6.45) is 8.04. The van der Waals surface area contributed by atoms with Gasteiger partial charge < -0.3 is 10.6 Å². The van der Waals surface area contributed by atoms with E-state index in [1.165, 1.54) is 12.4 Å². The minimum atomic E-state index is -3.23. The Morgan fingerprint density at radius 3 is 2.60 bits per heavy atom. The summed E-state index contributed by atoms with van der Waals surface area (Å²) in [5, 5.41) is 6.26. The van der Waals surface area contributed by atoms with E-state index in [-0.39, 0.29) is 5.82 Å². The lowest BCUT2D eigenvalue weighted by Gasteiger charge is -2.13. The molecule has 3 rings (SSSR count). The summed E-state index contributed by atoms with van der Waals surface area (Å²) in [6, 6.07) is 4.62. The van der Waals surface area contributed by atoms with Gasteiger partial charge in [0.2, 0.25) is 16.0 Å². The van der Waals surface area contributed by atoms with Gasteiger partial charge in [0.15, 0.2) is 0 Å². The summed E-state index contributed by atoms with van der Waals surface area (Å²) in [5.41, 5.74) is 2.09. The molecular formula is C18H19FIN7O2S. The molecule has 0 unspecified atom stereocenters. The first-order valence-electron chi connectivity index (χ1n) is 8.85. The van der Waals surface area contributed by atoms with Crippen LogP contribution in [0.2, 0.25) is 0 Å². The molecule has 0 saturated heterocycles. The molecule has 3 N–H and O–H groups in total.